The van der Waals surface area contributed by atoms with Gasteiger partial charge in [-0.05, 0) is 11.5 Å². The average Bonchev–Trinajstić information content (AvgIpc) is 2.23. The highest BCUT2D eigenvalue weighted by atomic mass is 16.6. The zero-order valence-corrected chi connectivity index (χ0v) is 8.85. The van der Waals surface area contributed by atoms with E-state index in [2.05, 4.69) is 6.92 Å². The number of ether oxygens (including phenoxy) is 1. The smallest absolute Gasteiger partial charge is 0.410 e. The number of carbonyl (C=O) groups is 1. The molecule has 3 nitrogen and oxygen atoms in total. The van der Waals surface area contributed by atoms with Crippen LogP contribution in [-0.4, -0.2) is 24.1 Å². The Balaban J connectivity index is 1.76. The number of nitrogens with zero attached hydrogens (tertiary/aromatic N) is 1. The second-order valence-electron chi connectivity index (χ2n) is 4.05. The molecule has 1 amide bonds. The van der Waals surface area contributed by atoms with Crippen LogP contribution >= 0.6 is 0 Å². The van der Waals surface area contributed by atoms with Gasteiger partial charge in [0, 0.05) is 13.1 Å². The highest BCUT2D eigenvalue weighted by Crippen LogP contribution is 2.15. The van der Waals surface area contributed by atoms with E-state index < -0.39 is 0 Å². The summed E-state index contributed by atoms with van der Waals surface area (Å²) in [7, 11) is 0. The van der Waals surface area contributed by atoms with Gasteiger partial charge in [-0.2, -0.15) is 0 Å². The van der Waals surface area contributed by atoms with Gasteiger partial charge in [-0.15, -0.1) is 0 Å². The van der Waals surface area contributed by atoms with E-state index in [0.717, 1.165) is 18.7 Å². The number of hydrogen-bond acceptors (Lipinski definition) is 2. The number of likely N-dealkylation sites (tertiary alicyclic amines) is 1. The van der Waals surface area contributed by atoms with Crippen molar-refractivity contribution in [2.75, 3.05) is 13.1 Å². The summed E-state index contributed by atoms with van der Waals surface area (Å²) >= 11 is 0. The number of hydrogen-bond donors (Lipinski definition) is 0. The van der Waals surface area contributed by atoms with E-state index in [0.29, 0.717) is 12.5 Å². The predicted octanol–water partition coefficient (Wildman–Crippen LogP) is 2.27. The second kappa shape index (κ2) is 4.34. The summed E-state index contributed by atoms with van der Waals surface area (Å²) in [6.07, 6.45) is -0.197. The molecule has 0 atom stereocenters. The zero-order valence-electron chi connectivity index (χ0n) is 8.85. The Bertz CT molecular complexity index is 331. The molecule has 0 spiro atoms. The number of benzene rings is 1. The molecule has 3 heteroatoms. The van der Waals surface area contributed by atoms with Crippen molar-refractivity contribution in [3.63, 3.8) is 0 Å². The summed E-state index contributed by atoms with van der Waals surface area (Å²) in [4.78, 5) is 13.2. The maximum Gasteiger partial charge on any atom is 0.410 e. The van der Waals surface area contributed by atoms with Crippen LogP contribution in [0.4, 0.5) is 4.79 Å². The van der Waals surface area contributed by atoms with E-state index in [1.165, 1.54) is 0 Å². The normalized spacial score (nSPS) is 15.9. The van der Waals surface area contributed by atoms with Crippen LogP contribution in [0, 0.1) is 5.92 Å². The second-order valence-corrected chi connectivity index (χ2v) is 4.05. The van der Waals surface area contributed by atoms with Gasteiger partial charge in [0.2, 0.25) is 0 Å². The summed E-state index contributed by atoms with van der Waals surface area (Å²) < 4.78 is 5.17. The topological polar surface area (TPSA) is 29.5 Å². The van der Waals surface area contributed by atoms with Crippen molar-refractivity contribution in [2.24, 2.45) is 5.92 Å². The van der Waals surface area contributed by atoms with Crippen LogP contribution in [-0.2, 0) is 11.3 Å². The van der Waals surface area contributed by atoms with Crippen LogP contribution < -0.4 is 0 Å². The van der Waals surface area contributed by atoms with E-state index >= 15 is 0 Å². The van der Waals surface area contributed by atoms with Crippen molar-refractivity contribution in [2.45, 2.75) is 13.5 Å². The van der Waals surface area contributed by atoms with Crippen LogP contribution in [0.5, 0.6) is 0 Å². The van der Waals surface area contributed by atoms with Crippen molar-refractivity contribution in [1.29, 1.82) is 0 Å². The Hall–Kier alpha value is -1.51. The quantitative estimate of drug-likeness (QED) is 0.741. The fourth-order valence-electron chi connectivity index (χ4n) is 1.66. The molecule has 0 aliphatic carbocycles. The first-order valence-electron chi connectivity index (χ1n) is 5.21. The molecule has 0 N–H and O–H groups in total. The molecule has 1 aliphatic heterocycles. The first kappa shape index (κ1) is 10.0. The van der Waals surface area contributed by atoms with Crippen LogP contribution in [0.1, 0.15) is 12.5 Å². The zero-order chi connectivity index (χ0) is 10.7. The Morgan fingerprint density at radius 1 is 1.40 bits per heavy atom. The molecule has 2 rings (SSSR count). The van der Waals surface area contributed by atoms with Gasteiger partial charge in [-0.3, -0.25) is 0 Å². The molecular formula is C12H15NO2. The number of carbonyl (C=O) groups excluding carboxylic acids is 1. The summed E-state index contributed by atoms with van der Waals surface area (Å²) in [6, 6.07) is 9.73. The van der Waals surface area contributed by atoms with E-state index in [-0.39, 0.29) is 6.09 Å². The lowest BCUT2D eigenvalue weighted by Crippen LogP contribution is -2.48. The Kier molecular flexibility index (Phi) is 2.90. The molecule has 1 aliphatic rings. The fraction of sp³-hybridized carbons (Fsp3) is 0.417. The third kappa shape index (κ3) is 2.49. The maximum absolute atomic E-state index is 11.4. The summed E-state index contributed by atoms with van der Waals surface area (Å²) in [5, 5.41) is 0. The van der Waals surface area contributed by atoms with E-state index in [1.807, 2.05) is 30.3 Å². The van der Waals surface area contributed by atoms with Gasteiger partial charge in [-0.25, -0.2) is 4.79 Å². The molecule has 1 aromatic rings. The molecule has 0 saturated carbocycles. The van der Waals surface area contributed by atoms with E-state index in [4.69, 9.17) is 4.74 Å². The lowest BCUT2D eigenvalue weighted by Gasteiger charge is -2.35. The lowest BCUT2D eigenvalue weighted by atomic mass is 10.0. The van der Waals surface area contributed by atoms with Gasteiger partial charge in [-0.1, -0.05) is 37.3 Å². The maximum atomic E-state index is 11.4. The first-order valence-corrected chi connectivity index (χ1v) is 5.21. The highest BCUT2D eigenvalue weighted by molar-refractivity contribution is 5.68. The van der Waals surface area contributed by atoms with Crippen molar-refractivity contribution in [3.8, 4) is 0 Å². The lowest BCUT2D eigenvalue weighted by molar-refractivity contribution is 0.0542. The molecule has 80 valence electrons. The van der Waals surface area contributed by atoms with Crippen LogP contribution in [0.3, 0.4) is 0 Å². The molecule has 1 fully saturated rings. The minimum absolute atomic E-state index is 0.197. The van der Waals surface area contributed by atoms with Gasteiger partial charge >= 0.3 is 6.09 Å². The van der Waals surface area contributed by atoms with Crippen molar-refractivity contribution in [3.05, 3.63) is 35.9 Å². The van der Waals surface area contributed by atoms with Crippen LogP contribution in [0.2, 0.25) is 0 Å². The van der Waals surface area contributed by atoms with Gasteiger partial charge in [0.05, 0.1) is 0 Å². The SMILES string of the molecule is CC1CN(C(=O)OCc2ccccc2)C1. The van der Waals surface area contributed by atoms with Gasteiger partial charge < -0.3 is 9.64 Å². The van der Waals surface area contributed by atoms with Gasteiger partial charge in [0.15, 0.2) is 0 Å². The number of amides is 1. The minimum atomic E-state index is -0.197. The largest absolute Gasteiger partial charge is 0.445 e. The van der Waals surface area contributed by atoms with Crippen molar-refractivity contribution < 1.29 is 9.53 Å². The van der Waals surface area contributed by atoms with E-state index in [9.17, 15) is 4.79 Å². The average molecular weight is 205 g/mol. The van der Waals surface area contributed by atoms with Crippen molar-refractivity contribution in [1.82, 2.24) is 4.90 Å². The highest BCUT2D eigenvalue weighted by Gasteiger charge is 2.27. The molecule has 1 aromatic carbocycles. The summed E-state index contributed by atoms with van der Waals surface area (Å²) in [6.45, 7) is 4.15. The van der Waals surface area contributed by atoms with Crippen LogP contribution in [0.15, 0.2) is 30.3 Å². The summed E-state index contributed by atoms with van der Waals surface area (Å²) in [5.41, 5.74) is 1.03. The molecule has 1 heterocycles. The van der Waals surface area contributed by atoms with E-state index in [1.54, 1.807) is 4.90 Å². The predicted molar refractivity (Wildman–Crippen MR) is 57.4 cm³/mol. The molecule has 1 saturated heterocycles. The fourth-order valence-corrected chi connectivity index (χ4v) is 1.66. The Morgan fingerprint density at radius 2 is 2.07 bits per heavy atom. The number of rotatable bonds is 2. The van der Waals surface area contributed by atoms with Crippen LogP contribution in [0.25, 0.3) is 0 Å². The standard InChI is InChI=1S/C12H15NO2/c1-10-7-13(8-10)12(14)15-9-11-5-3-2-4-6-11/h2-6,10H,7-9H2,1H3. The Morgan fingerprint density at radius 3 is 2.67 bits per heavy atom. The molecule has 0 aromatic heterocycles. The van der Waals surface area contributed by atoms with Crippen molar-refractivity contribution >= 4 is 6.09 Å². The summed E-state index contributed by atoms with van der Waals surface area (Å²) in [5.74, 6) is 0.620. The molecule has 0 radical (unpaired) electrons. The third-order valence-corrected chi connectivity index (χ3v) is 2.53. The molecular weight excluding hydrogens is 190 g/mol. The molecule has 0 bridgehead atoms. The molecule has 0 unspecified atom stereocenters. The van der Waals surface area contributed by atoms with Gasteiger partial charge in [0.1, 0.15) is 6.61 Å². The first-order chi connectivity index (χ1) is 7.25. The monoisotopic (exact) mass is 205 g/mol. The molecule has 15 heavy (non-hydrogen) atoms. The Labute approximate surface area is 89.7 Å². The van der Waals surface area contributed by atoms with Gasteiger partial charge in [0.25, 0.3) is 0 Å². The minimum Gasteiger partial charge on any atom is -0.445 e. The third-order valence-electron chi connectivity index (χ3n) is 2.53.